The van der Waals surface area contributed by atoms with Gasteiger partial charge in [-0.05, 0) is 43.2 Å². The molecule has 0 saturated carbocycles. The minimum atomic E-state index is -1.34. The summed E-state index contributed by atoms with van der Waals surface area (Å²) in [7, 11) is 0. The number of benzene rings is 2. The zero-order chi connectivity index (χ0) is 25.3. The molecule has 9 heteroatoms. The normalized spacial score (nSPS) is 13.3. The molecular formula is C25H29NO8. The number of carbonyl (C=O) groups is 4. The second-order valence-electron chi connectivity index (χ2n) is 7.65. The van der Waals surface area contributed by atoms with Crippen LogP contribution in [0.5, 0.6) is 11.5 Å². The first-order valence-corrected chi connectivity index (χ1v) is 11.0. The lowest BCUT2D eigenvalue weighted by Crippen LogP contribution is -2.38. The standard InChI is InChI=1S/C25H29NO8/c1-4-21(27)33-19-12-11-17(14-20(19)34-22(28)5-2)18(23(26)24(29)30)13-15(3)32-25(31)16-9-7-6-8-10-16/h6-12,14-15,18,23H,4-5,13,26H2,1-3H3,(H,29,30)/t15?,18?,23-/m0/s1. The summed E-state index contributed by atoms with van der Waals surface area (Å²) < 4.78 is 16.0. The van der Waals surface area contributed by atoms with E-state index in [4.69, 9.17) is 19.9 Å². The van der Waals surface area contributed by atoms with Gasteiger partial charge in [-0.1, -0.05) is 38.1 Å². The molecule has 2 rings (SSSR count). The van der Waals surface area contributed by atoms with Crippen LogP contribution in [0.1, 0.15) is 61.9 Å². The van der Waals surface area contributed by atoms with Gasteiger partial charge in [-0.15, -0.1) is 0 Å². The van der Waals surface area contributed by atoms with Crippen molar-refractivity contribution < 1.29 is 38.5 Å². The van der Waals surface area contributed by atoms with Gasteiger partial charge in [-0.25, -0.2) is 4.79 Å². The van der Waals surface area contributed by atoms with Crippen LogP contribution in [-0.2, 0) is 19.1 Å². The molecule has 0 heterocycles. The molecule has 0 aliphatic rings. The van der Waals surface area contributed by atoms with Gasteiger partial charge in [0.25, 0.3) is 0 Å². The van der Waals surface area contributed by atoms with Crippen LogP contribution >= 0.6 is 0 Å². The summed E-state index contributed by atoms with van der Waals surface area (Å²) in [6.07, 6.45) is -0.404. The second-order valence-corrected chi connectivity index (χ2v) is 7.65. The average molecular weight is 472 g/mol. The lowest BCUT2D eigenvalue weighted by atomic mass is 9.87. The summed E-state index contributed by atoms with van der Waals surface area (Å²) in [4.78, 5) is 47.8. The monoisotopic (exact) mass is 471 g/mol. The Morgan fingerprint density at radius 1 is 0.912 bits per heavy atom. The highest BCUT2D eigenvalue weighted by Crippen LogP contribution is 2.35. The molecule has 0 aromatic heterocycles. The Labute approximate surface area is 197 Å². The van der Waals surface area contributed by atoms with Crippen LogP contribution in [0.25, 0.3) is 0 Å². The van der Waals surface area contributed by atoms with E-state index in [1.54, 1.807) is 57.2 Å². The van der Waals surface area contributed by atoms with E-state index in [9.17, 15) is 24.3 Å². The summed E-state index contributed by atoms with van der Waals surface area (Å²) in [6, 6.07) is 11.5. The molecule has 0 fully saturated rings. The number of hydrogen-bond acceptors (Lipinski definition) is 8. The fraction of sp³-hybridized carbons (Fsp3) is 0.360. The molecule has 9 nitrogen and oxygen atoms in total. The first kappa shape index (κ1) is 26.5. The van der Waals surface area contributed by atoms with E-state index in [-0.39, 0.29) is 30.8 Å². The predicted molar refractivity (Wildman–Crippen MR) is 123 cm³/mol. The highest BCUT2D eigenvalue weighted by Gasteiger charge is 2.30. The van der Waals surface area contributed by atoms with Gasteiger partial charge in [-0.3, -0.25) is 14.4 Å². The summed E-state index contributed by atoms with van der Waals surface area (Å²) in [5.74, 6) is -3.68. The number of aliphatic carboxylic acids is 1. The van der Waals surface area contributed by atoms with Crippen molar-refractivity contribution in [2.45, 2.75) is 58.1 Å². The van der Waals surface area contributed by atoms with E-state index in [0.717, 1.165) is 0 Å². The first-order valence-electron chi connectivity index (χ1n) is 11.0. The lowest BCUT2D eigenvalue weighted by Gasteiger charge is -2.25. The van der Waals surface area contributed by atoms with Gasteiger partial charge in [0.2, 0.25) is 0 Å². The molecule has 0 bridgehead atoms. The second kappa shape index (κ2) is 12.5. The number of carbonyl (C=O) groups excluding carboxylic acids is 3. The van der Waals surface area contributed by atoms with Crippen molar-refractivity contribution in [2.24, 2.45) is 5.73 Å². The smallest absolute Gasteiger partial charge is 0.338 e. The van der Waals surface area contributed by atoms with Crippen molar-refractivity contribution in [3.8, 4) is 11.5 Å². The number of nitrogens with two attached hydrogens (primary N) is 1. The molecule has 0 radical (unpaired) electrons. The Balaban J connectivity index is 2.34. The molecule has 3 N–H and O–H groups in total. The van der Waals surface area contributed by atoms with Crippen molar-refractivity contribution >= 4 is 23.9 Å². The highest BCUT2D eigenvalue weighted by molar-refractivity contribution is 5.89. The largest absolute Gasteiger partial charge is 0.480 e. The minimum Gasteiger partial charge on any atom is -0.480 e. The van der Waals surface area contributed by atoms with Crippen molar-refractivity contribution in [2.75, 3.05) is 0 Å². The van der Waals surface area contributed by atoms with Gasteiger partial charge < -0.3 is 25.1 Å². The molecule has 3 atom stereocenters. The maximum absolute atomic E-state index is 12.4. The quantitative estimate of drug-likeness (QED) is 0.372. The van der Waals surface area contributed by atoms with Crippen LogP contribution in [0.4, 0.5) is 0 Å². The van der Waals surface area contributed by atoms with Gasteiger partial charge in [0.05, 0.1) is 5.56 Å². The Bertz CT molecular complexity index is 1020. The van der Waals surface area contributed by atoms with Gasteiger partial charge >= 0.3 is 23.9 Å². The van der Waals surface area contributed by atoms with E-state index in [0.29, 0.717) is 11.1 Å². The number of esters is 3. The van der Waals surface area contributed by atoms with E-state index in [2.05, 4.69) is 0 Å². The number of ether oxygens (including phenoxy) is 3. The van der Waals surface area contributed by atoms with E-state index in [1.165, 1.54) is 12.1 Å². The van der Waals surface area contributed by atoms with Gasteiger partial charge in [0, 0.05) is 18.8 Å². The molecule has 0 amide bonds. The highest BCUT2D eigenvalue weighted by atomic mass is 16.6. The molecule has 2 unspecified atom stereocenters. The summed E-state index contributed by atoms with van der Waals surface area (Å²) in [5, 5.41) is 9.56. The summed E-state index contributed by atoms with van der Waals surface area (Å²) >= 11 is 0. The molecule has 0 aliphatic heterocycles. The summed E-state index contributed by atoms with van der Waals surface area (Å²) in [6.45, 7) is 4.86. The van der Waals surface area contributed by atoms with Crippen LogP contribution in [0.15, 0.2) is 48.5 Å². The fourth-order valence-corrected chi connectivity index (χ4v) is 3.20. The van der Waals surface area contributed by atoms with Crippen LogP contribution in [0, 0.1) is 0 Å². The number of carboxylic acid groups (broad SMARTS) is 1. The zero-order valence-corrected chi connectivity index (χ0v) is 19.4. The topological polar surface area (TPSA) is 142 Å². The third kappa shape index (κ3) is 7.41. The number of hydrogen-bond donors (Lipinski definition) is 2. The third-order valence-corrected chi connectivity index (χ3v) is 5.04. The van der Waals surface area contributed by atoms with Crippen LogP contribution in [-0.4, -0.2) is 41.1 Å². The third-order valence-electron chi connectivity index (χ3n) is 5.04. The Morgan fingerprint density at radius 3 is 2.06 bits per heavy atom. The molecule has 0 spiro atoms. The van der Waals surface area contributed by atoms with Crippen molar-refractivity contribution in [1.82, 2.24) is 0 Å². The first-order chi connectivity index (χ1) is 16.2. The maximum Gasteiger partial charge on any atom is 0.338 e. The average Bonchev–Trinajstić information content (AvgIpc) is 2.83. The van der Waals surface area contributed by atoms with E-state index < -0.39 is 41.9 Å². The molecule has 34 heavy (non-hydrogen) atoms. The van der Waals surface area contributed by atoms with Crippen molar-refractivity contribution in [3.05, 3.63) is 59.7 Å². The Kier molecular flexibility index (Phi) is 9.76. The number of carboxylic acids is 1. The minimum absolute atomic E-state index is 0.0253. The maximum atomic E-state index is 12.4. The van der Waals surface area contributed by atoms with Gasteiger partial charge in [0.1, 0.15) is 12.1 Å². The van der Waals surface area contributed by atoms with Crippen molar-refractivity contribution in [1.29, 1.82) is 0 Å². The van der Waals surface area contributed by atoms with Crippen LogP contribution < -0.4 is 15.2 Å². The fourth-order valence-electron chi connectivity index (χ4n) is 3.20. The van der Waals surface area contributed by atoms with E-state index in [1.807, 2.05) is 0 Å². The molecule has 182 valence electrons. The molecule has 2 aromatic rings. The van der Waals surface area contributed by atoms with Gasteiger partial charge in [0.15, 0.2) is 11.5 Å². The SMILES string of the molecule is CCC(=O)Oc1ccc(C(CC(C)OC(=O)c2ccccc2)[C@H](N)C(=O)O)cc1OC(=O)CC. The summed E-state index contributed by atoms with van der Waals surface area (Å²) in [5.41, 5.74) is 6.76. The zero-order valence-electron chi connectivity index (χ0n) is 19.4. The lowest BCUT2D eigenvalue weighted by molar-refractivity contribution is -0.139. The molecular weight excluding hydrogens is 442 g/mol. The Morgan fingerprint density at radius 2 is 1.50 bits per heavy atom. The molecule has 0 aliphatic carbocycles. The van der Waals surface area contributed by atoms with E-state index >= 15 is 0 Å². The Hall–Kier alpha value is -3.72. The molecule has 2 aromatic carbocycles. The predicted octanol–water partition coefficient (Wildman–Crippen LogP) is 3.45. The van der Waals surface area contributed by atoms with Crippen LogP contribution in [0.2, 0.25) is 0 Å². The molecule has 0 saturated heterocycles. The van der Waals surface area contributed by atoms with Crippen molar-refractivity contribution in [3.63, 3.8) is 0 Å². The number of rotatable bonds is 11. The van der Waals surface area contributed by atoms with Gasteiger partial charge in [-0.2, -0.15) is 0 Å². The van der Waals surface area contributed by atoms with Crippen LogP contribution in [0.3, 0.4) is 0 Å².